The minimum atomic E-state index is -0.463. The van der Waals surface area contributed by atoms with Crippen LogP contribution in [0, 0.1) is 11.8 Å². The molecule has 2 fully saturated rings. The van der Waals surface area contributed by atoms with E-state index in [1.165, 1.54) is 6.42 Å². The number of nitrogens with one attached hydrogen (secondary N) is 1. The van der Waals surface area contributed by atoms with E-state index in [2.05, 4.69) is 10.2 Å². The SMILES string of the molecule is CC(C)(C)OC(=O)NCC1CCN(COC(=O)C2CCCCC2)CC1. The van der Waals surface area contributed by atoms with Crippen molar-refractivity contribution in [3.8, 4) is 0 Å². The number of carbonyl (C=O) groups is 2. The molecule has 144 valence electrons. The Bertz CT molecular complexity index is 433. The Morgan fingerprint density at radius 2 is 1.68 bits per heavy atom. The molecule has 0 aromatic rings. The van der Waals surface area contributed by atoms with Crippen molar-refractivity contribution in [2.75, 3.05) is 26.4 Å². The van der Waals surface area contributed by atoms with Crippen LogP contribution in [0.5, 0.6) is 0 Å². The van der Waals surface area contributed by atoms with Gasteiger partial charge >= 0.3 is 12.1 Å². The molecule has 1 saturated carbocycles. The van der Waals surface area contributed by atoms with Crippen LogP contribution in [0.4, 0.5) is 4.79 Å². The van der Waals surface area contributed by atoms with Gasteiger partial charge in [0.15, 0.2) is 0 Å². The van der Waals surface area contributed by atoms with Gasteiger partial charge in [0.25, 0.3) is 0 Å². The van der Waals surface area contributed by atoms with Crippen molar-refractivity contribution in [2.24, 2.45) is 11.8 Å². The average molecular weight is 354 g/mol. The molecule has 1 aliphatic carbocycles. The zero-order valence-electron chi connectivity index (χ0n) is 16.0. The Morgan fingerprint density at radius 3 is 2.28 bits per heavy atom. The first-order chi connectivity index (χ1) is 11.8. The number of hydrogen-bond acceptors (Lipinski definition) is 5. The Hall–Kier alpha value is -1.30. The van der Waals surface area contributed by atoms with Gasteiger partial charge in [0.1, 0.15) is 12.3 Å². The zero-order valence-corrected chi connectivity index (χ0v) is 16.0. The molecule has 0 unspecified atom stereocenters. The molecule has 0 aromatic heterocycles. The fraction of sp³-hybridized carbons (Fsp3) is 0.895. The van der Waals surface area contributed by atoms with Crippen LogP contribution >= 0.6 is 0 Å². The molecule has 1 N–H and O–H groups in total. The second-order valence-electron chi connectivity index (χ2n) is 8.37. The van der Waals surface area contributed by atoms with Crippen LogP contribution in [0.3, 0.4) is 0 Å². The lowest BCUT2D eigenvalue weighted by molar-refractivity contribution is -0.155. The second kappa shape index (κ2) is 9.41. The number of esters is 1. The first-order valence-electron chi connectivity index (χ1n) is 9.69. The van der Waals surface area contributed by atoms with Crippen LogP contribution in [0.25, 0.3) is 0 Å². The maximum absolute atomic E-state index is 12.1. The molecule has 0 radical (unpaired) electrons. The summed E-state index contributed by atoms with van der Waals surface area (Å²) in [6.45, 7) is 8.43. The Morgan fingerprint density at radius 1 is 1.04 bits per heavy atom. The molecule has 2 rings (SSSR count). The van der Waals surface area contributed by atoms with Crippen molar-refractivity contribution in [3.63, 3.8) is 0 Å². The van der Waals surface area contributed by atoms with Crippen molar-refractivity contribution >= 4 is 12.1 Å². The number of nitrogens with zero attached hydrogens (tertiary/aromatic N) is 1. The summed E-state index contributed by atoms with van der Waals surface area (Å²) in [4.78, 5) is 26.0. The number of piperidine rings is 1. The molecule has 25 heavy (non-hydrogen) atoms. The first-order valence-corrected chi connectivity index (χ1v) is 9.69. The summed E-state index contributed by atoms with van der Waals surface area (Å²) in [5.74, 6) is 0.551. The van der Waals surface area contributed by atoms with E-state index in [1.54, 1.807) is 0 Å². The largest absolute Gasteiger partial charge is 0.449 e. The number of rotatable bonds is 5. The van der Waals surface area contributed by atoms with E-state index in [0.29, 0.717) is 19.2 Å². The normalized spacial score (nSPS) is 20.9. The van der Waals surface area contributed by atoms with Gasteiger partial charge < -0.3 is 14.8 Å². The zero-order chi connectivity index (χ0) is 18.3. The highest BCUT2D eigenvalue weighted by atomic mass is 16.6. The summed E-state index contributed by atoms with van der Waals surface area (Å²) in [5.41, 5.74) is -0.463. The number of ether oxygens (including phenoxy) is 2. The van der Waals surface area contributed by atoms with Crippen LogP contribution in [0.1, 0.15) is 65.7 Å². The van der Waals surface area contributed by atoms with Gasteiger partial charge in [-0.05, 0) is 52.4 Å². The molecule has 0 spiro atoms. The van der Waals surface area contributed by atoms with Crippen LogP contribution in [0.2, 0.25) is 0 Å². The Kier molecular flexibility index (Phi) is 7.54. The highest BCUT2D eigenvalue weighted by Gasteiger charge is 2.25. The summed E-state index contributed by atoms with van der Waals surface area (Å²) >= 11 is 0. The number of carbonyl (C=O) groups excluding carboxylic acids is 2. The van der Waals surface area contributed by atoms with E-state index in [4.69, 9.17) is 9.47 Å². The van der Waals surface area contributed by atoms with E-state index >= 15 is 0 Å². The fourth-order valence-electron chi connectivity index (χ4n) is 3.47. The summed E-state index contributed by atoms with van der Waals surface area (Å²) in [7, 11) is 0. The lowest BCUT2D eigenvalue weighted by atomic mass is 9.89. The summed E-state index contributed by atoms with van der Waals surface area (Å²) in [6, 6.07) is 0. The van der Waals surface area contributed by atoms with Crippen molar-refractivity contribution in [1.29, 1.82) is 0 Å². The smallest absolute Gasteiger partial charge is 0.407 e. The highest BCUT2D eigenvalue weighted by molar-refractivity contribution is 5.72. The van der Waals surface area contributed by atoms with E-state index < -0.39 is 5.60 Å². The lowest BCUT2D eigenvalue weighted by Gasteiger charge is -2.32. The summed E-state index contributed by atoms with van der Waals surface area (Å²) in [5, 5.41) is 2.85. The lowest BCUT2D eigenvalue weighted by Crippen LogP contribution is -2.41. The molecule has 0 bridgehead atoms. The minimum Gasteiger partial charge on any atom is -0.449 e. The molecule has 1 amide bonds. The van der Waals surface area contributed by atoms with Gasteiger partial charge in [-0.2, -0.15) is 0 Å². The predicted molar refractivity (Wildman–Crippen MR) is 96.1 cm³/mol. The number of hydrogen-bond donors (Lipinski definition) is 1. The van der Waals surface area contributed by atoms with Crippen LogP contribution < -0.4 is 5.32 Å². The van der Waals surface area contributed by atoms with Crippen molar-refractivity contribution in [2.45, 2.75) is 71.3 Å². The van der Waals surface area contributed by atoms with Gasteiger partial charge in [-0.15, -0.1) is 0 Å². The molecule has 1 aliphatic heterocycles. The molecule has 0 aromatic carbocycles. The monoisotopic (exact) mass is 354 g/mol. The maximum atomic E-state index is 12.1. The fourth-order valence-corrected chi connectivity index (χ4v) is 3.47. The molecule has 1 saturated heterocycles. The molecule has 0 atom stereocenters. The molecular weight excluding hydrogens is 320 g/mol. The van der Waals surface area contributed by atoms with Crippen molar-refractivity contribution in [3.05, 3.63) is 0 Å². The topological polar surface area (TPSA) is 67.9 Å². The van der Waals surface area contributed by atoms with Crippen molar-refractivity contribution < 1.29 is 19.1 Å². The van der Waals surface area contributed by atoms with E-state index in [-0.39, 0.29) is 18.0 Å². The van der Waals surface area contributed by atoms with Crippen molar-refractivity contribution in [1.82, 2.24) is 10.2 Å². The number of alkyl carbamates (subject to hydrolysis) is 1. The van der Waals surface area contributed by atoms with Gasteiger partial charge in [0, 0.05) is 19.6 Å². The number of likely N-dealkylation sites (tertiary alicyclic amines) is 1. The highest BCUT2D eigenvalue weighted by Crippen LogP contribution is 2.25. The molecule has 6 nitrogen and oxygen atoms in total. The van der Waals surface area contributed by atoms with Gasteiger partial charge in [-0.1, -0.05) is 19.3 Å². The third-order valence-corrected chi connectivity index (χ3v) is 4.97. The quantitative estimate of drug-likeness (QED) is 0.767. The third-order valence-electron chi connectivity index (χ3n) is 4.97. The average Bonchev–Trinajstić information content (AvgIpc) is 2.58. The first kappa shape index (κ1) is 20.0. The molecule has 1 heterocycles. The van der Waals surface area contributed by atoms with E-state index in [1.807, 2.05) is 20.8 Å². The van der Waals surface area contributed by atoms with Gasteiger partial charge in [0.05, 0.1) is 5.92 Å². The second-order valence-corrected chi connectivity index (χ2v) is 8.37. The van der Waals surface area contributed by atoms with Gasteiger partial charge in [0.2, 0.25) is 0 Å². The molecule has 6 heteroatoms. The maximum Gasteiger partial charge on any atom is 0.407 e. The van der Waals surface area contributed by atoms with Gasteiger partial charge in [-0.25, -0.2) is 4.79 Å². The Balaban J connectivity index is 1.58. The van der Waals surface area contributed by atoms with Crippen LogP contribution in [0.15, 0.2) is 0 Å². The molecule has 2 aliphatic rings. The third kappa shape index (κ3) is 7.63. The van der Waals surface area contributed by atoms with E-state index in [0.717, 1.165) is 51.6 Å². The van der Waals surface area contributed by atoms with Crippen LogP contribution in [-0.2, 0) is 14.3 Å². The summed E-state index contributed by atoms with van der Waals surface area (Å²) in [6.07, 6.45) is 7.15. The van der Waals surface area contributed by atoms with Gasteiger partial charge in [-0.3, -0.25) is 9.69 Å². The van der Waals surface area contributed by atoms with E-state index in [9.17, 15) is 9.59 Å². The number of amides is 1. The standard InChI is InChI=1S/C19H34N2O4/c1-19(2,3)25-18(23)20-13-15-9-11-21(12-10-15)14-24-17(22)16-7-5-4-6-8-16/h15-16H,4-14H2,1-3H3,(H,20,23). The molecular formula is C19H34N2O4. The Labute approximate surface area is 151 Å². The predicted octanol–water partition coefficient (Wildman–Crippen LogP) is 3.30. The minimum absolute atomic E-state index is 0.0200. The summed E-state index contributed by atoms with van der Waals surface area (Å²) < 4.78 is 10.8. The van der Waals surface area contributed by atoms with Crippen LogP contribution in [-0.4, -0.2) is 48.9 Å².